The number of para-hydroxylation sites is 4. The highest BCUT2D eigenvalue weighted by Crippen LogP contribution is 2.43. The standard InChI is InChI=1S/C52H34N4/c1-2-16-34-17-6-7-18-35(34)31-46-42-24-10-13-26-45(42)53-52(54-46)56-47-27-14-11-22-39(47)40-30-29-36(32-49(40)56)44-33-50-51(41-23-9-8-21-38(41)44)43-25-12-15-28-48(43)55(50)37-19-4-3-5-20-37/h2-33H,1H2/b34-16-,35-31+. The Morgan fingerprint density at radius 1 is 0.446 bits per heavy atom. The summed E-state index contributed by atoms with van der Waals surface area (Å²) in [5.41, 5.74) is 9.69. The molecule has 0 fully saturated rings. The number of aromatic nitrogens is 4. The smallest absolute Gasteiger partial charge is 0.235 e. The number of benzene rings is 8. The van der Waals surface area contributed by atoms with E-state index in [9.17, 15) is 0 Å². The van der Waals surface area contributed by atoms with E-state index in [1.54, 1.807) is 0 Å². The van der Waals surface area contributed by atoms with Gasteiger partial charge in [0, 0.05) is 32.6 Å². The van der Waals surface area contributed by atoms with Crippen LogP contribution in [-0.4, -0.2) is 19.1 Å². The van der Waals surface area contributed by atoms with Crippen LogP contribution < -0.4 is 10.4 Å². The lowest BCUT2D eigenvalue weighted by Crippen LogP contribution is -2.23. The summed E-state index contributed by atoms with van der Waals surface area (Å²) in [6.07, 6.45) is 6.02. The van der Waals surface area contributed by atoms with Gasteiger partial charge in [0.05, 0.1) is 33.3 Å². The Balaban J connectivity index is 1.21. The first-order valence-electron chi connectivity index (χ1n) is 19.0. The molecule has 262 valence electrons. The van der Waals surface area contributed by atoms with E-state index in [1.165, 1.54) is 38.1 Å². The molecule has 0 saturated heterocycles. The number of hydrogen-bond acceptors (Lipinski definition) is 2. The van der Waals surface area contributed by atoms with Gasteiger partial charge in [-0.25, -0.2) is 9.97 Å². The van der Waals surface area contributed by atoms with Crippen LogP contribution in [0.25, 0.3) is 100 Å². The van der Waals surface area contributed by atoms with Gasteiger partial charge >= 0.3 is 0 Å². The summed E-state index contributed by atoms with van der Waals surface area (Å²) in [4.78, 5) is 10.6. The predicted octanol–water partition coefficient (Wildman–Crippen LogP) is 11.4. The summed E-state index contributed by atoms with van der Waals surface area (Å²) in [6.45, 7) is 3.95. The number of rotatable bonds is 5. The van der Waals surface area contributed by atoms with Crippen molar-refractivity contribution in [1.82, 2.24) is 19.1 Å². The molecule has 56 heavy (non-hydrogen) atoms. The Hall–Kier alpha value is -7.56. The van der Waals surface area contributed by atoms with Crippen LogP contribution in [0.1, 0.15) is 5.69 Å². The molecule has 11 aromatic rings. The maximum Gasteiger partial charge on any atom is 0.235 e. The number of allylic oxidation sites excluding steroid dienone is 1. The van der Waals surface area contributed by atoms with Crippen molar-refractivity contribution in [2.45, 2.75) is 0 Å². The van der Waals surface area contributed by atoms with E-state index in [1.807, 2.05) is 24.3 Å². The normalized spacial score (nSPS) is 12.6. The molecule has 0 radical (unpaired) electrons. The van der Waals surface area contributed by atoms with Crippen LogP contribution in [0.3, 0.4) is 0 Å². The second kappa shape index (κ2) is 12.8. The van der Waals surface area contributed by atoms with Gasteiger partial charge in [0.25, 0.3) is 0 Å². The average molecular weight is 715 g/mol. The molecule has 3 aromatic heterocycles. The van der Waals surface area contributed by atoms with Crippen molar-refractivity contribution in [2.24, 2.45) is 0 Å². The quantitative estimate of drug-likeness (QED) is 0.178. The van der Waals surface area contributed by atoms with Crippen LogP contribution in [0.2, 0.25) is 0 Å². The summed E-state index contributed by atoms with van der Waals surface area (Å²) < 4.78 is 4.64. The second-order valence-corrected chi connectivity index (χ2v) is 14.2. The summed E-state index contributed by atoms with van der Waals surface area (Å²) in [7, 11) is 0. The molecule has 3 heterocycles. The Labute approximate surface area is 322 Å². The molecule has 8 aromatic carbocycles. The molecule has 0 amide bonds. The summed E-state index contributed by atoms with van der Waals surface area (Å²) >= 11 is 0. The van der Waals surface area contributed by atoms with Crippen molar-refractivity contribution in [1.29, 1.82) is 0 Å². The SMILES string of the molecule is C=C/C=c1/cccc/c1=C\c1nc(-n2c3ccccc3c3ccc(-c4cc5c(c6ccccc46)c4ccccc4n5-c4ccccc4)cc32)nc2ccccc12. The van der Waals surface area contributed by atoms with E-state index in [0.29, 0.717) is 5.95 Å². The molecule has 4 heteroatoms. The van der Waals surface area contributed by atoms with Crippen LogP contribution >= 0.6 is 0 Å². The van der Waals surface area contributed by atoms with Crippen LogP contribution in [0, 0.1) is 0 Å². The largest absolute Gasteiger partial charge is 0.309 e. The molecule has 0 N–H and O–H groups in total. The molecular formula is C52H34N4. The summed E-state index contributed by atoms with van der Waals surface area (Å²) in [5.74, 6) is 0.632. The Morgan fingerprint density at radius 3 is 1.88 bits per heavy atom. The van der Waals surface area contributed by atoms with Crippen LogP contribution in [0.5, 0.6) is 0 Å². The van der Waals surface area contributed by atoms with Crippen molar-refractivity contribution in [3.8, 4) is 22.8 Å². The maximum atomic E-state index is 5.36. The Bertz CT molecular complexity index is 3500. The van der Waals surface area contributed by atoms with E-state index < -0.39 is 0 Å². The lowest BCUT2D eigenvalue weighted by atomic mass is 9.94. The molecule has 0 atom stereocenters. The highest BCUT2D eigenvalue weighted by atomic mass is 15.2. The van der Waals surface area contributed by atoms with Gasteiger partial charge in [-0.2, -0.15) is 0 Å². The highest BCUT2D eigenvalue weighted by molar-refractivity contribution is 6.24. The van der Waals surface area contributed by atoms with Crippen LogP contribution in [-0.2, 0) is 0 Å². The van der Waals surface area contributed by atoms with Gasteiger partial charge in [0.1, 0.15) is 0 Å². The molecule has 0 unspecified atom stereocenters. The lowest BCUT2D eigenvalue weighted by Gasteiger charge is -2.13. The average Bonchev–Trinajstić information content (AvgIpc) is 3.77. The Kier molecular flexibility index (Phi) is 7.29. The molecule has 0 aliphatic heterocycles. The molecular weight excluding hydrogens is 681 g/mol. The Morgan fingerprint density at radius 2 is 1.07 bits per heavy atom. The van der Waals surface area contributed by atoms with Gasteiger partial charge in [0.15, 0.2) is 0 Å². The van der Waals surface area contributed by atoms with Gasteiger partial charge in [-0.05, 0) is 80.9 Å². The first kappa shape index (κ1) is 31.9. The fraction of sp³-hybridized carbons (Fsp3) is 0. The zero-order valence-electron chi connectivity index (χ0n) is 30.5. The summed E-state index contributed by atoms with van der Waals surface area (Å²) in [5, 5.41) is 10.4. The predicted molar refractivity (Wildman–Crippen MR) is 235 cm³/mol. The topological polar surface area (TPSA) is 35.6 Å². The molecule has 0 spiro atoms. The van der Waals surface area contributed by atoms with Crippen molar-refractivity contribution < 1.29 is 0 Å². The van der Waals surface area contributed by atoms with E-state index in [4.69, 9.17) is 9.97 Å². The fourth-order valence-electron chi connectivity index (χ4n) is 8.64. The summed E-state index contributed by atoms with van der Waals surface area (Å²) in [6, 6.07) is 62.7. The van der Waals surface area contributed by atoms with Crippen molar-refractivity contribution in [3.05, 3.63) is 205 Å². The third-order valence-corrected chi connectivity index (χ3v) is 11.1. The first-order chi connectivity index (χ1) is 27.7. The second-order valence-electron chi connectivity index (χ2n) is 14.2. The van der Waals surface area contributed by atoms with Gasteiger partial charge in [-0.3, -0.25) is 4.57 Å². The zero-order valence-corrected chi connectivity index (χ0v) is 30.5. The minimum absolute atomic E-state index is 0.632. The van der Waals surface area contributed by atoms with Gasteiger partial charge in [0.2, 0.25) is 5.95 Å². The molecule has 0 aliphatic rings. The number of nitrogens with zero attached hydrogens (tertiary/aromatic N) is 4. The molecule has 4 nitrogen and oxygen atoms in total. The van der Waals surface area contributed by atoms with Crippen molar-refractivity contribution >= 4 is 77.4 Å². The molecule has 0 aliphatic carbocycles. The van der Waals surface area contributed by atoms with Gasteiger partial charge in [-0.15, -0.1) is 0 Å². The van der Waals surface area contributed by atoms with Crippen molar-refractivity contribution in [3.63, 3.8) is 0 Å². The van der Waals surface area contributed by atoms with E-state index in [-0.39, 0.29) is 0 Å². The zero-order chi connectivity index (χ0) is 37.2. The lowest BCUT2D eigenvalue weighted by molar-refractivity contribution is 1.00. The number of hydrogen-bond donors (Lipinski definition) is 0. The van der Waals surface area contributed by atoms with Crippen LogP contribution in [0.4, 0.5) is 0 Å². The third kappa shape index (κ3) is 4.93. The minimum Gasteiger partial charge on any atom is -0.309 e. The molecule has 11 rings (SSSR count). The first-order valence-corrected chi connectivity index (χ1v) is 19.0. The van der Waals surface area contributed by atoms with Crippen molar-refractivity contribution in [2.75, 3.05) is 0 Å². The number of fused-ring (bicyclic) bond motifs is 9. The van der Waals surface area contributed by atoms with E-state index in [2.05, 4.69) is 186 Å². The van der Waals surface area contributed by atoms with Gasteiger partial charge < -0.3 is 4.57 Å². The van der Waals surface area contributed by atoms with Crippen LogP contribution in [0.15, 0.2) is 189 Å². The van der Waals surface area contributed by atoms with Gasteiger partial charge in [-0.1, -0.05) is 152 Å². The third-order valence-electron chi connectivity index (χ3n) is 11.1. The molecule has 0 saturated carbocycles. The highest BCUT2D eigenvalue weighted by Gasteiger charge is 2.20. The monoisotopic (exact) mass is 714 g/mol. The maximum absolute atomic E-state index is 5.36. The van der Waals surface area contributed by atoms with E-state index >= 15 is 0 Å². The van der Waals surface area contributed by atoms with E-state index in [0.717, 1.165) is 60.1 Å². The minimum atomic E-state index is 0.632. The molecule has 0 bridgehead atoms. The fourth-order valence-corrected chi connectivity index (χ4v) is 8.64.